The van der Waals surface area contributed by atoms with Crippen molar-refractivity contribution in [2.45, 2.75) is 6.43 Å². The smallest absolute Gasteiger partial charge is 0.273 e. The number of hydrogen-bond acceptors (Lipinski definition) is 3. The van der Waals surface area contributed by atoms with Gasteiger partial charge in [-0.1, -0.05) is 5.21 Å². The van der Waals surface area contributed by atoms with Crippen LogP contribution in [-0.2, 0) is 7.05 Å². The van der Waals surface area contributed by atoms with Crippen LogP contribution in [0.1, 0.15) is 12.1 Å². The van der Waals surface area contributed by atoms with Crippen molar-refractivity contribution in [1.82, 2.24) is 24.8 Å². The summed E-state index contributed by atoms with van der Waals surface area (Å²) in [6, 6.07) is 0. The Kier molecular flexibility index (Phi) is 1.99. The molecule has 0 aliphatic rings. The average molecular weight is 199 g/mol. The van der Waals surface area contributed by atoms with Crippen LogP contribution in [-0.4, -0.2) is 24.8 Å². The number of rotatable bonds is 2. The standard InChI is InChI=1S/C7H7F2N5/c1-13-4-5(6(11-13)7(8)9)14-3-2-10-12-14/h2-4,7H,1H3. The first-order valence-corrected chi connectivity index (χ1v) is 3.87. The zero-order chi connectivity index (χ0) is 10.1. The van der Waals surface area contributed by atoms with Gasteiger partial charge in [0.1, 0.15) is 5.69 Å². The molecule has 2 aromatic heterocycles. The van der Waals surface area contributed by atoms with Gasteiger partial charge in [0, 0.05) is 7.05 Å². The van der Waals surface area contributed by atoms with Crippen LogP contribution >= 0.6 is 0 Å². The topological polar surface area (TPSA) is 48.5 Å². The van der Waals surface area contributed by atoms with E-state index in [1.165, 1.54) is 28.0 Å². The molecule has 5 nitrogen and oxygen atoms in total. The maximum atomic E-state index is 12.5. The van der Waals surface area contributed by atoms with E-state index in [2.05, 4.69) is 15.4 Å². The van der Waals surface area contributed by atoms with Gasteiger partial charge in [-0.2, -0.15) is 5.10 Å². The Morgan fingerprint density at radius 1 is 1.43 bits per heavy atom. The van der Waals surface area contributed by atoms with Gasteiger partial charge in [-0.3, -0.25) is 4.68 Å². The van der Waals surface area contributed by atoms with E-state index in [1.807, 2.05) is 0 Å². The number of alkyl halides is 2. The number of aromatic nitrogens is 5. The molecule has 0 bridgehead atoms. The molecule has 0 spiro atoms. The van der Waals surface area contributed by atoms with Crippen LogP contribution in [0.5, 0.6) is 0 Å². The van der Waals surface area contributed by atoms with Crippen LogP contribution in [0.2, 0.25) is 0 Å². The highest BCUT2D eigenvalue weighted by Gasteiger charge is 2.18. The van der Waals surface area contributed by atoms with Gasteiger partial charge in [0.05, 0.1) is 18.6 Å². The number of nitrogens with zero attached hydrogens (tertiary/aromatic N) is 5. The van der Waals surface area contributed by atoms with Crippen molar-refractivity contribution < 1.29 is 8.78 Å². The van der Waals surface area contributed by atoms with E-state index in [9.17, 15) is 8.78 Å². The van der Waals surface area contributed by atoms with Gasteiger partial charge in [0.25, 0.3) is 6.43 Å². The zero-order valence-corrected chi connectivity index (χ0v) is 7.30. The Morgan fingerprint density at radius 3 is 2.79 bits per heavy atom. The summed E-state index contributed by atoms with van der Waals surface area (Å²) >= 11 is 0. The average Bonchev–Trinajstić information content (AvgIpc) is 2.70. The molecule has 0 saturated heterocycles. The lowest BCUT2D eigenvalue weighted by molar-refractivity contribution is 0.145. The Labute approximate surface area is 78.0 Å². The lowest BCUT2D eigenvalue weighted by atomic mass is 10.4. The van der Waals surface area contributed by atoms with E-state index in [4.69, 9.17) is 0 Å². The highest BCUT2D eigenvalue weighted by Crippen LogP contribution is 2.22. The molecule has 14 heavy (non-hydrogen) atoms. The maximum absolute atomic E-state index is 12.5. The summed E-state index contributed by atoms with van der Waals surface area (Å²) in [5, 5.41) is 10.8. The van der Waals surface area contributed by atoms with Crippen LogP contribution in [0.15, 0.2) is 18.6 Å². The molecule has 0 radical (unpaired) electrons. The normalized spacial score (nSPS) is 11.1. The molecule has 0 N–H and O–H groups in total. The molecule has 2 rings (SSSR count). The van der Waals surface area contributed by atoms with Crippen molar-refractivity contribution in [2.75, 3.05) is 0 Å². The quantitative estimate of drug-likeness (QED) is 0.723. The molecule has 74 valence electrons. The first-order valence-electron chi connectivity index (χ1n) is 3.87. The second kappa shape index (κ2) is 3.17. The van der Waals surface area contributed by atoms with E-state index < -0.39 is 6.43 Å². The van der Waals surface area contributed by atoms with E-state index in [-0.39, 0.29) is 11.4 Å². The molecule has 0 aliphatic carbocycles. The maximum Gasteiger partial charge on any atom is 0.284 e. The molecule has 0 saturated carbocycles. The molecule has 2 heterocycles. The molecule has 2 aromatic rings. The summed E-state index contributed by atoms with van der Waals surface area (Å²) < 4.78 is 27.6. The molecule has 0 aromatic carbocycles. The Balaban J connectivity index is 2.52. The second-order valence-electron chi connectivity index (χ2n) is 2.72. The molecule has 0 aliphatic heterocycles. The minimum atomic E-state index is -2.62. The third-order valence-electron chi connectivity index (χ3n) is 1.71. The molecule has 0 atom stereocenters. The number of halogens is 2. The first kappa shape index (κ1) is 8.79. The summed E-state index contributed by atoms with van der Waals surface area (Å²) in [4.78, 5) is 0. The van der Waals surface area contributed by atoms with E-state index in [0.717, 1.165) is 0 Å². The Hall–Kier alpha value is -1.79. The second-order valence-corrected chi connectivity index (χ2v) is 2.72. The van der Waals surface area contributed by atoms with Gasteiger partial charge in [-0.25, -0.2) is 13.5 Å². The largest absolute Gasteiger partial charge is 0.284 e. The fourth-order valence-corrected chi connectivity index (χ4v) is 1.16. The van der Waals surface area contributed by atoms with Crippen LogP contribution in [0.4, 0.5) is 8.78 Å². The third kappa shape index (κ3) is 1.36. The highest BCUT2D eigenvalue weighted by atomic mass is 19.3. The fraction of sp³-hybridized carbons (Fsp3) is 0.286. The monoisotopic (exact) mass is 199 g/mol. The highest BCUT2D eigenvalue weighted by molar-refractivity contribution is 5.33. The minimum Gasteiger partial charge on any atom is -0.273 e. The first-order chi connectivity index (χ1) is 6.68. The number of hydrogen-bond donors (Lipinski definition) is 0. The zero-order valence-electron chi connectivity index (χ0n) is 7.30. The van der Waals surface area contributed by atoms with Crippen molar-refractivity contribution in [1.29, 1.82) is 0 Å². The molecule has 0 fully saturated rings. The summed E-state index contributed by atoms with van der Waals surface area (Å²) in [5.41, 5.74) is -0.0435. The molecule has 7 heteroatoms. The van der Waals surface area contributed by atoms with Gasteiger partial charge in [0.2, 0.25) is 0 Å². The van der Waals surface area contributed by atoms with Crippen LogP contribution < -0.4 is 0 Å². The van der Waals surface area contributed by atoms with Crippen LogP contribution in [0.3, 0.4) is 0 Å². The van der Waals surface area contributed by atoms with E-state index in [0.29, 0.717) is 0 Å². The molecular weight excluding hydrogens is 192 g/mol. The predicted octanol–water partition coefficient (Wildman–Crippen LogP) is 0.938. The predicted molar refractivity (Wildman–Crippen MR) is 43.1 cm³/mol. The van der Waals surface area contributed by atoms with Gasteiger partial charge in [-0.15, -0.1) is 5.10 Å². The number of aryl methyl sites for hydroxylation is 1. The lowest BCUT2D eigenvalue weighted by Gasteiger charge is -1.98. The lowest BCUT2D eigenvalue weighted by Crippen LogP contribution is -1.98. The summed E-state index contributed by atoms with van der Waals surface area (Å²) in [6.07, 6.45) is 1.76. The van der Waals surface area contributed by atoms with Crippen molar-refractivity contribution in [3.05, 3.63) is 24.3 Å². The van der Waals surface area contributed by atoms with Gasteiger partial charge < -0.3 is 0 Å². The van der Waals surface area contributed by atoms with Crippen LogP contribution in [0.25, 0.3) is 5.69 Å². The Bertz CT molecular complexity index is 419. The molecule has 0 unspecified atom stereocenters. The summed E-state index contributed by atoms with van der Waals surface area (Å²) in [6.45, 7) is 0. The summed E-state index contributed by atoms with van der Waals surface area (Å²) in [7, 11) is 1.58. The third-order valence-corrected chi connectivity index (χ3v) is 1.71. The van der Waals surface area contributed by atoms with Crippen molar-refractivity contribution in [3.8, 4) is 5.69 Å². The van der Waals surface area contributed by atoms with E-state index >= 15 is 0 Å². The van der Waals surface area contributed by atoms with Crippen molar-refractivity contribution in [3.63, 3.8) is 0 Å². The Morgan fingerprint density at radius 2 is 2.21 bits per heavy atom. The molecule has 0 amide bonds. The van der Waals surface area contributed by atoms with Crippen molar-refractivity contribution in [2.24, 2.45) is 7.05 Å². The van der Waals surface area contributed by atoms with Gasteiger partial charge >= 0.3 is 0 Å². The summed E-state index contributed by atoms with van der Waals surface area (Å²) in [5.74, 6) is 0. The fourth-order valence-electron chi connectivity index (χ4n) is 1.16. The van der Waals surface area contributed by atoms with Crippen LogP contribution in [0, 0.1) is 0 Å². The molecular formula is C7H7F2N5. The minimum absolute atomic E-state index is 0.250. The van der Waals surface area contributed by atoms with E-state index in [1.54, 1.807) is 7.05 Å². The van der Waals surface area contributed by atoms with Crippen molar-refractivity contribution >= 4 is 0 Å². The van der Waals surface area contributed by atoms with Gasteiger partial charge in [-0.05, 0) is 0 Å². The SMILES string of the molecule is Cn1cc(-n2ccnn2)c(C(F)F)n1. The van der Waals surface area contributed by atoms with Gasteiger partial charge in [0.15, 0.2) is 5.69 Å².